The van der Waals surface area contributed by atoms with Crippen molar-refractivity contribution in [2.45, 2.75) is 11.4 Å². The van der Waals surface area contributed by atoms with Gasteiger partial charge in [-0.25, -0.2) is 17.2 Å². The molecule has 26 heavy (non-hydrogen) atoms. The minimum atomic E-state index is -3.87. The number of ketones is 1. The van der Waals surface area contributed by atoms with Gasteiger partial charge in [0, 0.05) is 17.1 Å². The van der Waals surface area contributed by atoms with Gasteiger partial charge in [-0.1, -0.05) is 30.3 Å². The van der Waals surface area contributed by atoms with E-state index < -0.39 is 21.9 Å². The average Bonchev–Trinajstić information content (AvgIpc) is 2.96. The minimum absolute atomic E-state index is 0.0286. The summed E-state index contributed by atoms with van der Waals surface area (Å²) in [6.07, 6.45) is 0.106. The molecule has 0 aliphatic carbocycles. The predicted molar refractivity (Wildman–Crippen MR) is 93.7 cm³/mol. The Kier molecular flexibility index (Phi) is 3.58. The lowest BCUT2D eigenvalue weighted by Gasteiger charge is -2.16. The Morgan fingerprint density at radius 2 is 1.73 bits per heavy atom. The van der Waals surface area contributed by atoms with Crippen molar-refractivity contribution in [3.63, 3.8) is 0 Å². The smallest absolute Gasteiger partial charge is 0.408 e. The number of carbonyl (C=O) groups is 2. The normalized spacial score (nSPS) is 14.5. The molecule has 0 radical (unpaired) electrons. The van der Waals surface area contributed by atoms with E-state index in [9.17, 15) is 23.1 Å². The molecule has 3 aromatic rings. The van der Waals surface area contributed by atoms with Gasteiger partial charge in [-0.15, -0.1) is 0 Å². The van der Waals surface area contributed by atoms with Crippen LogP contribution in [0.5, 0.6) is 0 Å². The number of hydrogen-bond donors (Lipinski definition) is 1. The Hall–Kier alpha value is -3.13. The molecule has 0 unspecified atom stereocenters. The monoisotopic (exact) mass is 370 g/mol. The molecule has 0 atom stereocenters. The second-order valence-corrected chi connectivity index (χ2v) is 7.84. The molecule has 2 aromatic carbocycles. The number of nitrogens with zero attached hydrogens (tertiary/aromatic N) is 2. The third kappa shape index (κ3) is 2.38. The topological polar surface area (TPSA) is 96.7 Å². The number of Topliss-reactive ketones (excluding diaryl/α,β-unsaturated/α-hetero) is 1. The number of rotatable bonds is 2. The molecule has 1 N–H and O–H groups in total. The fourth-order valence-electron chi connectivity index (χ4n) is 3.24. The van der Waals surface area contributed by atoms with Crippen LogP contribution in [0.15, 0.2) is 59.6 Å². The van der Waals surface area contributed by atoms with Gasteiger partial charge in [0.25, 0.3) is 10.0 Å². The molecule has 132 valence electrons. The highest BCUT2D eigenvalue weighted by Crippen LogP contribution is 2.31. The molecule has 0 bridgehead atoms. The predicted octanol–water partition coefficient (Wildman–Crippen LogP) is 2.55. The number of amides is 1. The summed E-state index contributed by atoms with van der Waals surface area (Å²) in [6.45, 7) is -0.282. The lowest BCUT2D eigenvalue weighted by atomic mass is 10.1. The molecule has 2 heterocycles. The van der Waals surface area contributed by atoms with E-state index in [2.05, 4.69) is 0 Å². The maximum atomic E-state index is 13.0. The van der Waals surface area contributed by atoms with E-state index in [1.807, 2.05) is 0 Å². The van der Waals surface area contributed by atoms with Crippen LogP contribution in [-0.4, -0.2) is 40.8 Å². The summed E-state index contributed by atoms with van der Waals surface area (Å²) in [7, 11) is -3.87. The van der Waals surface area contributed by atoms with E-state index in [0.717, 1.165) is 8.87 Å². The maximum absolute atomic E-state index is 13.0. The highest BCUT2D eigenvalue weighted by atomic mass is 32.2. The van der Waals surface area contributed by atoms with Crippen LogP contribution in [0.1, 0.15) is 15.9 Å². The van der Waals surface area contributed by atoms with Gasteiger partial charge in [0.05, 0.1) is 23.5 Å². The first-order valence-corrected chi connectivity index (χ1v) is 9.28. The Labute approximate surface area is 149 Å². The van der Waals surface area contributed by atoms with Crippen molar-refractivity contribution in [3.8, 4) is 0 Å². The summed E-state index contributed by atoms with van der Waals surface area (Å²) >= 11 is 0. The van der Waals surface area contributed by atoms with Gasteiger partial charge >= 0.3 is 6.09 Å². The van der Waals surface area contributed by atoms with Crippen molar-refractivity contribution in [3.05, 3.63) is 65.9 Å². The van der Waals surface area contributed by atoms with Crippen LogP contribution in [0.3, 0.4) is 0 Å². The van der Waals surface area contributed by atoms with Gasteiger partial charge in [0.15, 0.2) is 5.78 Å². The minimum Gasteiger partial charge on any atom is -0.465 e. The first-order chi connectivity index (χ1) is 12.4. The van der Waals surface area contributed by atoms with Crippen molar-refractivity contribution in [1.82, 2.24) is 8.87 Å². The van der Waals surface area contributed by atoms with Gasteiger partial charge in [0.1, 0.15) is 0 Å². The Bertz CT molecular complexity index is 1150. The third-order valence-electron chi connectivity index (χ3n) is 4.45. The Morgan fingerprint density at radius 3 is 2.42 bits per heavy atom. The lowest BCUT2D eigenvalue weighted by molar-refractivity contribution is 0.0908. The molecule has 0 saturated heterocycles. The van der Waals surface area contributed by atoms with Gasteiger partial charge in [-0.2, -0.15) is 0 Å². The van der Waals surface area contributed by atoms with Crippen LogP contribution in [0.25, 0.3) is 10.9 Å². The Morgan fingerprint density at radius 1 is 1.00 bits per heavy atom. The van der Waals surface area contributed by atoms with Crippen LogP contribution in [-0.2, 0) is 16.6 Å². The van der Waals surface area contributed by atoms with Crippen LogP contribution >= 0.6 is 0 Å². The first-order valence-electron chi connectivity index (χ1n) is 7.84. The summed E-state index contributed by atoms with van der Waals surface area (Å²) in [4.78, 5) is 25.0. The number of hydrogen-bond acceptors (Lipinski definition) is 4. The average molecular weight is 370 g/mol. The lowest BCUT2D eigenvalue weighted by Crippen LogP contribution is -2.32. The molecule has 4 rings (SSSR count). The van der Waals surface area contributed by atoms with E-state index in [1.165, 1.54) is 18.3 Å². The summed E-state index contributed by atoms with van der Waals surface area (Å²) in [5.74, 6) is -0.427. The molecule has 1 aliphatic heterocycles. The molecule has 1 aliphatic rings. The van der Waals surface area contributed by atoms with Crippen molar-refractivity contribution in [1.29, 1.82) is 0 Å². The zero-order valence-corrected chi connectivity index (χ0v) is 14.3. The number of benzene rings is 2. The molecular weight excluding hydrogens is 356 g/mol. The molecule has 0 fully saturated rings. The molecular formula is C18H14N2O5S. The zero-order chi connectivity index (χ0) is 18.5. The highest BCUT2D eigenvalue weighted by molar-refractivity contribution is 7.90. The first kappa shape index (κ1) is 16.3. The molecule has 0 saturated carbocycles. The van der Waals surface area contributed by atoms with Gasteiger partial charge in [0.2, 0.25) is 0 Å². The van der Waals surface area contributed by atoms with Gasteiger partial charge in [-0.05, 0) is 23.8 Å². The largest absolute Gasteiger partial charge is 0.465 e. The van der Waals surface area contributed by atoms with Gasteiger partial charge < -0.3 is 5.11 Å². The molecule has 8 heteroatoms. The number of aromatic nitrogens is 1. The van der Waals surface area contributed by atoms with Crippen LogP contribution < -0.4 is 0 Å². The van der Waals surface area contributed by atoms with Gasteiger partial charge in [-0.3, -0.25) is 9.69 Å². The summed E-state index contributed by atoms with van der Waals surface area (Å²) < 4.78 is 27.1. The fraction of sp³-hybridized carbons (Fsp3) is 0.111. The van der Waals surface area contributed by atoms with E-state index in [4.69, 9.17) is 0 Å². The number of carboxylic acid groups (broad SMARTS) is 1. The molecule has 1 amide bonds. The van der Waals surface area contributed by atoms with Crippen LogP contribution in [0.4, 0.5) is 4.79 Å². The zero-order valence-electron chi connectivity index (χ0n) is 13.5. The highest BCUT2D eigenvalue weighted by Gasteiger charge is 2.30. The molecule has 1 aromatic heterocycles. The summed E-state index contributed by atoms with van der Waals surface area (Å²) in [5.41, 5.74) is 1.19. The quantitative estimate of drug-likeness (QED) is 0.748. The van der Waals surface area contributed by atoms with E-state index in [-0.39, 0.29) is 23.5 Å². The van der Waals surface area contributed by atoms with Crippen molar-refractivity contribution in [2.75, 3.05) is 6.54 Å². The maximum Gasteiger partial charge on any atom is 0.408 e. The molecule has 7 nitrogen and oxygen atoms in total. The second-order valence-electron chi connectivity index (χ2n) is 6.03. The standard InChI is InChI=1S/C18H14N2O5S/c21-16-11-19(18(22)23)9-12-5-4-8-15-17(12)14(16)10-20(15)26(24,25)13-6-2-1-3-7-13/h1-8,10H,9,11H2,(H,22,23). The van der Waals surface area contributed by atoms with E-state index in [0.29, 0.717) is 16.5 Å². The summed E-state index contributed by atoms with van der Waals surface area (Å²) in [6, 6.07) is 12.9. The van der Waals surface area contributed by atoms with Crippen molar-refractivity contribution < 1.29 is 23.1 Å². The Balaban J connectivity index is 1.98. The van der Waals surface area contributed by atoms with Crippen molar-refractivity contribution in [2.24, 2.45) is 0 Å². The fourth-order valence-corrected chi connectivity index (χ4v) is 4.62. The summed E-state index contributed by atoms with van der Waals surface area (Å²) in [5, 5.41) is 9.74. The van der Waals surface area contributed by atoms with Crippen LogP contribution in [0.2, 0.25) is 0 Å². The molecule has 0 spiro atoms. The SMILES string of the molecule is O=C1CN(C(=O)O)Cc2cccc3c2c1cn3S(=O)(=O)c1ccccc1. The third-order valence-corrected chi connectivity index (χ3v) is 6.14. The second kappa shape index (κ2) is 5.70. The van der Waals surface area contributed by atoms with Crippen LogP contribution in [0, 0.1) is 0 Å². The van der Waals surface area contributed by atoms with E-state index >= 15 is 0 Å². The van der Waals surface area contributed by atoms with Crippen molar-refractivity contribution >= 4 is 32.8 Å². The number of carbonyl (C=O) groups excluding carboxylic acids is 1. The van der Waals surface area contributed by atoms with E-state index in [1.54, 1.807) is 36.4 Å².